The van der Waals surface area contributed by atoms with Crippen molar-refractivity contribution in [1.82, 2.24) is 15.5 Å². The van der Waals surface area contributed by atoms with Gasteiger partial charge in [-0.05, 0) is 30.5 Å². The molecular formula is C12H15N3O2. The Morgan fingerprint density at radius 3 is 2.53 bits per heavy atom. The Morgan fingerprint density at radius 2 is 1.94 bits per heavy atom. The highest BCUT2D eigenvalue weighted by atomic mass is 16.5. The van der Waals surface area contributed by atoms with E-state index in [0.29, 0.717) is 24.7 Å². The number of hydrogen-bond donors (Lipinski definition) is 2. The number of aryl methyl sites for hydroxylation is 2. The molecule has 0 amide bonds. The molecule has 0 radical (unpaired) electrons. The fourth-order valence-electron chi connectivity index (χ4n) is 1.74. The zero-order valence-electron chi connectivity index (χ0n) is 9.90. The van der Waals surface area contributed by atoms with Gasteiger partial charge in [0.25, 0.3) is 0 Å². The van der Waals surface area contributed by atoms with Crippen molar-refractivity contribution >= 4 is 0 Å². The van der Waals surface area contributed by atoms with Gasteiger partial charge < -0.3 is 14.9 Å². The SMILES string of the molecule is Cc1cc(CNCc2ncon2)cc(C)c1O. The number of aromatic nitrogens is 2. The van der Waals surface area contributed by atoms with E-state index in [1.165, 1.54) is 6.39 Å². The highest BCUT2D eigenvalue weighted by molar-refractivity contribution is 5.42. The standard InChI is InChI=1S/C12H15N3O2/c1-8-3-10(4-9(2)12(8)16)5-13-6-11-14-7-17-15-11/h3-4,7,13,16H,5-6H2,1-2H3. The van der Waals surface area contributed by atoms with Gasteiger partial charge >= 0.3 is 0 Å². The molecule has 0 spiro atoms. The van der Waals surface area contributed by atoms with E-state index in [0.717, 1.165) is 16.7 Å². The fraction of sp³-hybridized carbons (Fsp3) is 0.333. The first-order valence-corrected chi connectivity index (χ1v) is 5.42. The monoisotopic (exact) mass is 233 g/mol. The predicted molar refractivity (Wildman–Crippen MR) is 62.4 cm³/mol. The van der Waals surface area contributed by atoms with Gasteiger partial charge in [0.1, 0.15) is 5.75 Å². The van der Waals surface area contributed by atoms with Crippen LogP contribution < -0.4 is 5.32 Å². The van der Waals surface area contributed by atoms with Crippen molar-refractivity contribution in [2.24, 2.45) is 0 Å². The Bertz CT molecular complexity index is 471. The number of rotatable bonds is 4. The van der Waals surface area contributed by atoms with Crippen LogP contribution in [0.1, 0.15) is 22.5 Å². The lowest BCUT2D eigenvalue weighted by molar-refractivity contribution is 0.407. The summed E-state index contributed by atoms with van der Waals surface area (Å²) in [5.74, 6) is 1.00. The van der Waals surface area contributed by atoms with Gasteiger partial charge in [-0.2, -0.15) is 4.98 Å². The van der Waals surface area contributed by atoms with Gasteiger partial charge in [0.2, 0.25) is 6.39 Å². The maximum atomic E-state index is 9.65. The molecule has 5 nitrogen and oxygen atoms in total. The van der Waals surface area contributed by atoms with Crippen molar-refractivity contribution in [2.75, 3.05) is 0 Å². The Balaban J connectivity index is 1.95. The van der Waals surface area contributed by atoms with Crippen LogP contribution in [0.3, 0.4) is 0 Å². The molecule has 5 heteroatoms. The summed E-state index contributed by atoms with van der Waals surface area (Å²) < 4.78 is 4.64. The average molecular weight is 233 g/mol. The fourth-order valence-corrected chi connectivity index (χ4v) is 1.74. The molecule has 1 aromatic carbocycles. The van der Waals surface area contributed by atoms with Crippen molar-refractivity contribution in [3.63, 3.8) is 0 Å². The van der Waals surface area contributed by atoms with E-state index in [2.05, 4.69) is 20.0 Å². The molecule has 0 unspecified atom stereocenters. The van der Waals surface area contributed by atoms with Crippen LogP contribution in [0.5, 0.6) is 5.75 Å². The van der Waals surface area contributed by atoms with Crippen LogP contribution in [-0.2, 0) is 13.1 Å². The predicted octanol–water partition coefficient (Wildman–Crippen LogP) is 1.68. The molecule has 0 bridgehead atoms. The Morgan fingerprint density at radius 1 is 1.24 bits per heavy atom. The number of nitrogens with one attached hydrogen (secondary N) is 1. The molecule has 2 N–H and O–H groups in total. The largest absolute Gasteiger partial charge is 0.507 e. The van der Waals surface area contributed by atoms with Gasteiger partial charge in [0.05, 0.1) is 6.54 Å². The van der Waals surface area contributed by atoms with E-state index in [1.807, 2.05) is 26.0 Å². The summed E-state index contributed by atoms with van der Waals surface area (Å²) in [6.07, 6.45) is 1.31. The van der Waals surface area contributed by atoms with Crippen molar-refractivity contribution in [1.29, 1.82) is 0 Å². The van der Waals surface area contributed by atoms with Gasteiger partial charge in [0, 0.05) is 6.54 Å². The van der Waals surface area contributed by atoms with Gasteiger partial charge in [-0.1, -0.05) is 17.3 Å². The van der Waals surface area contributed by atoms with E-state index in [-0.39, 0.29) is 0 Å². The van der Waals surface area contributed by atoms with E-state index in [1.54, 1.807) is 0 Å². The minimum Gasteiger partial charge on any atom is -0.507 e. The highest BCUT2D eigenvalue weighted by Gasteiger charge is 2.03. The first kappa shape index (κ1) is 11.6. The molecule has 2 aromatic rings. The maximum Gasteiger partial charge on any atom is 0.213 e. The van der Waals surface area contributed by atoms with E-state index < -0.39 is 0 Å². The lowest BCUT2D eigenvalue weighted by atomic mass is 10.1. The molecule has 17 heavy (non-hydrogen) atoms. The second-order valence-corrected chi connectivity index (χ2v) is 4.03. The average Bonchev–Trinajstić information content (AvgIpc) is 2.79. The molecule has 0 aliphatic carbocycles. The summed E-state index contributed by atoms with van der Waals surface area (Å²) >= 11 is 0. The topological polar surface area (TPSA) is 71.2 Å². The minimum atomic E-state index is 0.368. The summed E-state index contributed by atoms with van der Waals surface area (Å²) in [5.41, 5.74) is 2.91. The van der Waals surface area contributed by atoms with Crippen molar-refractivity contribution in [2.45, 2.75) is 26.9 Å². The summed E-state index contributed by atoms with van der Waals surface area (Å²) in [4.78, 5) is 3.92. The summed E-state index contributed by atoms with van der Waals surface area (Å²) in [7, 11) is 0. The van der Waals surface area contributed by atoms with Crippen molar-refractivity contribution in [3.8, 4) is 5.75 Å². The first-order valence-electron chi connectivity index (χ1n) is 5.42. The molecule has 1 aromatic heterocycles. The Hall–Kier alpha value is -1.88. The molecule has 0 aliphatic heterocycles. The number of hydrogen-bond acceptors (Lipinski definition) is 5. The molecule has 0 saturated carbocycles. The smallest absolute Gasteiger partial charge is 0.213 e. The van der Waals surface area contributed by atoms with Crippen molar-refractivity contribution < 1.29 is 9.63 Å². The maximum absolute atomic E-state index is 9.65. The molecule has 2 rings (SSSR count). The third-order valence-electron chi connectivity index (χ3n) is 2.57. The molecule has 1 heterocycles. The highest BCUT2D eigenvalue weighted by Crippen LogP contribution is 2.22. The molecule has 0 aliphatic rings. The first-order chi connectivity index (χ1) is 8.16. The molecule has 0 fully saturated rings. The summed E-state index contributed by atoms with van der Waals surface area (Å²) in [6.45, 7) is 5.06. The zero-order valence-corrected chi connectivity index (χ0v) is 9.90. The molecule has 90 valence electrons. The van der Waals surface area contributed by atoms with Gasteiger partial charge in [-0.3, -0.25) is 0 Å². The Labute approximate surface area is 99.5 Å². The molecule has 0 saturated heterocycles. The van der Waals surface area contributed by atoms with E-state index >= 15 is 0 Å². The van der Waals surface area contributed by atoms with Gasteiger partial charge in [-0.25, -0.2) is 0 Å². The number of benzene rings is 1. The Kier molecular flexibility index (Phi) is 3.39. The van der Waals surface area contributed by atoms with Crippen LogP contribution in [0, 0.1) is 13.8 Å². The van der Waals surface area contributed by atoms with Crippen LogP contribution in [0.4, 0.5) is 0 Å². The van der Waals surface area contributed by atoms with E-state index in [4.69, 9.17) is 0 Å². The zero-order chi connectivity index (χ0) is 12.3. The van der Waals surface area contributed by atoms with Crippen LogP contribution >= 0.6 is 0 Å². The summed E-state index contributed by atoms with van der Waals surface area (Å²) in [6, 6.07) is 3.93. The molecule has 0 atom stereocenters. The summed E-state index contributed by atoms with van der Waals surface area (Å²) in [5, 5.41) is 16.6. The molecular weight excluding hydrogens is 218 g/mol. The number of phenolic OH excluding ortho intramolecular Hbond substituents is 1. The number of nitrogens with zero attached hydrogens (tertiary/aromatic N) is 2. The second-order valence-electron chi connectivity index (χ2n) is 4.03. The van der Waals surface area contributed by atoms with Crippen LogP contribution in [-0.4, -0.2) is 15.2 Å². The van der Waals surface area contributed by atoms with Crippen LogP contribution in [0.15, 0.2) is 23.0 Å². The second kappa shape index (κ2) is 4.97. The third-order valence-corrected chi connectivity index (χ3v) is 2.57. The quantitative estimate of drug-likeness (QED) is 0.840. The number of aromatic hydroxyl groups is 1. The lowest BCUT2D eigenvalue weighted by Crippen LogP contribution is -2.13. The van der Waals surface area contributed by atoms with Gasteiger partial charge in [-0.15, -0.1) is 0 Å². The van der Waals surface area contributed by atoms with Gasteiger partial charge in [0.15, 0.2) is 5.82 Å². The minimum absolute atomic E-state index is 0.368. The van der Waals surface area contributed by atoms with E-state index in [9.17, 15) is 5.11 Å². The van der Waals surface area contributed by atoms with Crippen LogP contribution in [0.2, 0.25) is 0 Å². The number of phenols is 1. The third kappa shape index (κ3) is 2.82. The van der Waals surface area contributed by atoms with Crippen LogP contribution in [0.25, 0.3) is 0 Å². The normalized spacial score (nSPS) is 10.7. The van der Waals surface area contributed by atoms with Crippen molar-refractivity contribution in [3.05, 3.63) is 41.0 Å². The lowest BCUT2D eigenvalue weighted by Gasteiger charge is -2.08.